The molecule has 0 aliphatic carbocycles. The molecular formula is C12H12O5. The Morgan fingerprint density at radius 3 is 2.82 bits per heavy atom. The first-order valence-corrected chi connectivity index (χ1v) is 5.25. The number of carboxylic acid groups (broad SMARTS) is 1. The summed E-state index contributed by atoms with van der Waals surface area (Å²) in [6.45, 7) is 0.538. The summed E-state index contributed by atoms with van der Waals surface area (Å²) >= 11 is 0. The average molecular weight is 236 g/mol. The van der Waals surface area contributed by atoms with E-state index in [0.717, 1.165) is 6.42 Å². The lowest BCUT2D eigenvalue weighted by molar-refractivity contribution is 0.0600. The van der Waals surface area contributed by atoms with Gasteiger partial charge in [-0.25, -0.2) is 9.59 Å². The van der Waals surface area contributed by atoms with Crippen molar-refractivity contribution < 1.29 is 24.2 Å². The van der Waals surface area contributed by atoms with Gasteiger partial charge in [0.1, 0.15) is 5.75 Å². The number of methoxy groups -OCH3 is 1. The predicted octanol–water partition coefficient (Wildman–Crippen LogP) is 1.50. The molecule has 5 nitrogen and oxygen atoms in total. The highest BCUT2D eigenvalue weighted by Gasteiger charge is 2.22. The van der Waals surface area contributed by atoms with E-state index >= 15 is 0 Å². The topological polar surface area (TPSA) is 72.8 Å². The fourth-order valence-electron chi connectivity index (χ4n) is 1.89. The number of carbonyl (C=O) groups is 2. The zero-order valence-corrected chi connectivity index (χ0v) is 9.36. The van der Waals surface area contributed by atoms with Crippen molar-refractivity contribution in [1.29, 1.82) is 0 Å². The number of rotatable bonds is 2. The van der Waals surface area contributed by atoms with Crippen molar-refractivity contribution in [3.8, 4) is 5.75 Å². The van der Waals surface area contributed by atoms with Crippen LogP contribution in [0.15, 0.2) is 12.1 Å². The second-order valence-electron chi connectivity index (χ2n) is 3.75. The smallest absolute Gasteiger partial charge is 0.338 e. The molecule has 17 heavy (non-hydrogen) atoms. The number of esters is 1. The Morgan fingerprint density at radius 1 is 1.41 bits per heavy atom. The SMILES string of the molecule is COC(=O)c1cc2c(c(C(=O)O)c1)CCCO2. The van der Waals surface area contributed by atoms with Crippen LogP contribution in [0.3, 0.4) is 0 Å². The monoisotopic (exact) mass is 236 g/mol. The molecule has 0 amide bonds. The van der Waals surface area contributed by atoms with Crippen molar-refractivity contribution in [2.24, 2.45) is 0 Å². The van der Waals surface area contributed by atoms with E-state index in [-0.39, 0.29) is 11.1 Å². The van der Waals surface area contributed by atoms with E-state index < -0.39 is 11.9 Å². The molecule has 0 fully saturated rings. The lowest BCUT2D eigenvalue weighted by atomic mass is 9.97. The minimum Gasteiger partial charge on any atom is -0.493 e. The Balaban J connectivity index is 2.56. The van der Waals surface area contributed by atoms with Crippen molar-refractivity contribution in [1.82, 2.24) is 0 Å². The summed E-state index contributed by atoms with van der Waals surface area (Å²) < 4.78 is 9.95. The zero-order valence-electron chi connectivity index (χ0n) is 9.36. The van der Waals surface area contributed by atoms with E-state index in [2.05, 4.69) is 4.74 Å². The van der Waals surface area contributed by atoms with Crippen LogP contribution in [-0.2, 0) is 11.2 Å². The summed E-state index contributed by atoms with van der Waals surface area (Å²) in [5, 5.41) is 9.11. The van der Waals surface area contributed by atoms with Gasteiger partial charge in [0.25, 0.3) is 0 Å². The Hall–Kier alpha value is -2.04. The number of carboxylic acids is 1. The number of hydrogen-bond acceptors (Lipinski definition) is 4. The molecule has 0 aromatic heterocycles. The maximum Gasteiger partial charge on any atom is 0.338 e. The number of carbonyl (C=O) groups excluding carboxylic acids is 1. The quantitative estimate of drug-likeness (QED) is 0.787. The van der Waals surface area contributed by atoms with Gasteiger partial charge < -0.3 is 14.6 Å². The molecule has 0 spiro atoms. The van der Waals surface area contributed by atoms with E-state index in [4.69, 9.17) is 9.84 Å². The second-order valence-corrected chi connectivity index (χ2v) is 3.75. The highest BCUT2D eigenvalue weighted by Crippen LogP contribution is 2.30. The lowest BCUT2D eigenvalue weighted by Crippen LogP contribution is -2.15. The maximum absolute atomic E-state index is 11.4. The number of hydrogen-bond donors (Lipinski definition) is 1. The number of ether oxygens (including phenoxy) is 2. The van der Waals surface area contributed by atoms with Crippen molar-refractivity contribution in [2.45, 2.75) is 12.8 Å². The number of fused-ring (bicyclic) bond motifs is 1. The Kier molecular flexibility index (Phi) is 2.99. The summed E-state index contributed by atoms with van der Waals surface area (Å²) in [7, 11) is 1.25. The first kappa shape index (κ1) is 11.4. The van der Waals surface area contributed by atoms with Gasteiger partial charge in [-0.15, -0.1) is 0 Å². The van der Waals surface area contributed by atoms with E-state index in [1.807, 2.05) is 0 Å². The lowest BCUT2D eigenvalue weighted by Gasteiger charge is -2.19. The molecule has 1 aromatic carbocycles. The second kappa shape index (κ2) is 4.45. The summed E-state index contributed by atoms with van der Waals surface area (Å²) in [4.78, 5) is 22.5. The predicted molar refractivity (Wildman–Crippen MR) is 58.6 cm³/mol. The molecule has 0 radical (unpaired) electrons. The van der Waals surface area contributed by atoms with Crippen molar-refractivity contribution in [2.75, 3.05) is 13.7 Å². The molecular weight excluding hydrogens is 224 g/mol. The molecule has 0 saturated carbocycles. The van der Waals surface area contributed by atoms with E-state index in [0.29, 0.717) is 24.3 Å². The average Bonchev–Trinajstić information content (AvgIpc) is 2.36. The summed E-state index contributed by atoms with van der Waals surface area (Å²) in [6, 6.07) is 2.87. The minimum absolute atomic E-state index is 0.114. The first-order chi connectivity index (χ1) is 8.13. The molecule has 1 aromatic rings. The molecule has 90 valence electrons. The van der Waals surface area contributed by atoms with E-state index in [9.17, 15) is 9.59 Å². The third-order valence-corrected chi connectivity index (χ3v) is 2.69. The number of benzene rings is 1. The van der Waals surface area contributed by atoms with Crippen LogP contribution in [0, 0.1) is 0 Å². The van der Waals surface area contributed by atoms with Gasteiger partial charge in [-0.1, -0.05) is 0 Å². The largest absolute Gasteiger partial charge is 0.493 e. The molecule has 0 atom stereocenters. The molecule has 2 rings (SSSR count). The summed E-state index contributed by atoms with van der Waals surface area (Å²) in [6.07, 6.45) is 1.43. The van der Waals surface area contributed by atoms with E-state index in [1.54, 1.807) is 0 Å². The molecule has 5 heteroatoms. The summed E-state index contributed by atoms with van der Waals surface area (Å²) in [5.74, 6) is -1.15. The molecule has 1 heterocycles. The normalized spacial score (nSPS) is 13.5. The van der Waals surface area contributed by atoms with Crippen LogP contribution in [0.1, 0.15) is 32.7 Å². The molecule has 1 aliphatic heterocycles. The van der Waals surface area contributed by atoms with Gasteiger partial charge in [0, 0.05) is 5.56 Å². The van der Waals surface area contributed by atoms with E-state index in [1.165, 1.54) is 19.2 Å². The zero-order chi connectivity index (χ0) is 12.4. The maximum atomic E-state index is 11.4. The van der Waals surface area contributed by atoms with Gasteiger partial charge in [-0.2, -0.15) is 0 Å². The fraction of sp³-hybridized carbons (Fsp3) is 0.333. The van der Waals surface area contributed by atoms with Crippen molar-refractivity contribution in [3.63, 3.8) is 0 Å². The first-order valence-electron chi connectivity index (χ1n) is 5.25. The van der Waals surface area contributed by atoms with Crippen LogP contribution in [0.5, 0.6) is 5.75 Å². The van der Waals surface area contributed by atoms with Crippen LogP contribution in [-0.4, -0.2) is 30.8 Å². The summed E-state index contributed by atoms with van der Waals surface area (Å²) in [5.41, 5.74) is 0.963. The van der Waals surface area contributed by atoms with Gasteiger partial charge in [-0.05, 0) is 25.0 Å². The highest BCUT2D eigenvalue weighted by molar-refractivity contribution is 5.96. The van der Waals surface area contributed by atoms with Crippen LogP contribution in [0.4, 0.5) is 0 Å². The molecule has 0 unspecified atom stereocenters. The van der Waals surface area contributed by atoms with Crippen LogP contribution < -0.4 is 4.74 Å². The van der Waals surface area contributed by atoms with Crippen molar-refractivity contribution >= 4 is 11.9 Å². The van der Waals surface area contributed by atoms with Gasteiger partial charge >= 0.3 is 11.9 Å². The molecule has 0 saturated heterocycles. The Morgan fingerprint density at radius 2 is 2.18 bits per heavy atom. The van der Waals surface area contributed by atoms with Gasteiger partial charge in [0.2, 0.25) is 0 Å². The van der Waals surface area contributed by atoms with Gasteiger partial charge in [0.15, 0.2) is 0 Å². The highest BCUT2D eigenvalue weighted by atomic mass is 16.5. The van der Waals surface area contributed by atoms with Gasteiger partial charge in [0.05, 0.1) is 24.8 Å². The van der Waals surface area contributed by atoms with Gasteiger partial charge in [-0.3, -0.25) is 0 Å². The third kappa shape index (κ3) is 2.08. The molecule has 1 aliphatic rings. The van der Waals surface area contributed by atoms with Crippen LogP contribution >= 0.6 is 0 Å². The Labute approximate surface area is 98.0 Å². The molecule has 0 bridgehead atoms. The number of aromatic carboxylic acids is 1. The molecule has 1 N–H and O–H groups in total. The third-order valence-electron chi connectivity index (χ3n) is 2.69. The minimum atomic E-state index is -1.06. The van der Waals surface area contributed by atoms with Crippen molar-refractivity contribution in [3.05, 3.63) is 28.8 Å². The van der Waals surface area contributed by atoms with Crippen LogP contribution in [0.2, 0.25) is 0 Å². The fourth-order valence-corrected chi connectivity index (χ4v) is 1.89. The Bertz CT molecular complexity index is 478. The van der Waals surface area contributed by atoms with Crippen LogP contribution in [0.25, 0.3) is 0 Å². The standard InChI is InChI=1S/C12H12O5/c1-16-12(15)7-5-9(11(13)14)8-3-2-4-17-10(8)6-7/h5-6H,2-4H2,1H3,(H,13,14).